The van der Waals surface area contributed by atoms with Crippen LogP contribution in [-0.2, 0) is 16.7 Å². The number of fused-ring (bicyclic) bond motifs is 1. The van der Waals surface area contributed by atoms with E-state index in [0.29, 0.717) is 0 Å². The molecule has 0 atom stereocenters. The van der Waals surface area contributed by atoms with Crippen molar-refractivity contribution >= 4 is 21.0 Å². The summed E-state index contributed by atoms with van der Waals surface area (Å²) in [5.41, 5.74) is 2.05. The van der Waals surface area contributed by atoms with Crippen LogP contribution in [0.3, 0.4) is 0 Å². The molecule has 0 amide bonds. The van der Waals surface area contributed by atoms with E-state index in [0.717, 1.165) is 23.1 Å². The smallest absolute Gasteiger partial charge is 0.294 e. The zero-order valence-corrected chi connectivity index (χ0v) is 9.95. The van der Waals surface area contributed by atoms with Crippen LogP contribution in [0, 0.1) is 6.92 Å². The summed E-state index contributed by atoms with van der Waals surface area (Å²) in [5.74, 6) is 0. The molecule has 16 heavy (non-hydrogen) atoms. The van der Waals surface area contributed by atoms with Gasteiger partial charge in [-0.05, 0) is 38.1 Å². The molecule has 0 unspecified atom stereocenters. The Balaban J connectivity index is 2.74. The maximum Gasteiger partial charge on any atom is 0.294 e. The number of hydrogen-bond donors (Lipinski definition) is 1. The molecule has 0 spiro atoms. The van der Waals surface area contributed by atoms with Crippen LogP contribution in [0.5, 0.6) is 0 Å². The fourth-order valence-corrected chi connectivity index (χ4v) is 2.48. The van der Waals surface area contributed by atoms with Crippen molar-refractivity contribution in [2.45, 2.75) is 25.3 Å². The average molecular weight is 239 g/mol. The number of benzene rings is 1. The molecular weight excluding hydrogens is 226 g/mol. The van der Waals surface area contributed by atoms with Gasteiger partial charge in [-0.25, -0.2) is 0 Å². The highest BCUT2D eigenvalue weighted by atomic mass is 32.2. The summed E-state index contributed by atoms with van der Waals surface area (Å²) in [6.07, 6.45) is 0. The van der Waals surface area contributed by atoms with Gasteiger partial charge in [0.15, 0.2) is 0 Å². The van der Waals surface area contributed by atoms with E-state index in [1.165, 1.54) is 12.1 Å². The fourth-order valence-electron chi connectivity index (χ4n) is 1.97. The first-order chi connectivity index (χ1) is 7.43. The third-order valence-electron chi connectivity index (χ3n) is 2.69. The molecule has 0 fully saturated rings. The van der Waals surface area contributed by atoms with E-state index in [2.05, 4.69) is 4.57 Å². The third kappa shape index (κ3) is 1.72. The van der Waals surface area contributed by atoms with Gasteiger partial charge >= 0.3 is 0 Å². The van der Waals surface area contributed by atoms with Crippen LogP contribution in [0.4, 0.5) is 0 Å². The minimum absolute atomic E-state index is 0.0618. The van der Waals surface area contributed by atoms with Gasteiger partial charge in [0.05, 0.1) is 4.90 Å². The Morgan fingerprint density at radius 3 is 2.56 bits per heavy atom. The quantitative estimate of drug-likeness (QED) is 0.817. The van der Waals surface area contributed by atoms with Gasteiger partial charge < -0.3 is 4.57 Å². The zero-order valence-electron chi connectivity index (χ0n) is 9.14. The summed E-state index contributed by atoms with van der Waals surface area (Å²) < 4.78 is 33.0. The molecule has 0 bridgehead atoms. The predicted octanol–water partition coefficient (Wildman–Crippen LogP) is 2.22. The number of rotatable bonds is 2. The fraction of sp³-hybridized carbons (Fsp3) is 0.273. The third-order valence-corrected chi connectivity index (χ3v) is 3.54. The van der Waals surface area contributed by atoms with Gasteiger partial charge in [0.25, 0.3) is 10.1 Å². The summed E-state index contributed by atoms with van der Waals surface area (Å²) >= 11 is 0. The van der Waals surface area contributed by atoms with Crippen molar-refractivity contribution < 1.29 is 13.0 Å². The van der Waals surface area contributed by atoms with Crippen molar-refractivity contribution in [3.05, 3.63) is 30.0 Å². The molecule has 1 N–H and O–H groups in total. The highest BCUT2D eigenvalue weighted by molar-refractivity contribution is 7.85. The van der Waals surface area contributed by atoms with Crippen LogP contribution < -0.4 is 0 Å². The predicted molar refractivity (Wildman–Crippen MR) is 62.2 cm³/mol. The molecule has 0 aliphatic heterocycles. The van der Waals surface area contributed by atoms with Crippen molar-refractivity contribution in [3.63, 3.8) is 0 Å². The molecule has 2 rings (SSSR count). The van der Waals surface area contributed by atoms with Crippen LogP contribution >= 0.6 is 0 Å². The standard InChI is InChI=1S/C11H13NO3S/c1-3-12-8(2)6-9-7-10(16(13,14)15)4-5-11(9)12/h4-7H,3H2,1-2H3,(H,13,14,15). The highest BCUT2D eigenvalue weighted by Crippen LogP contribution is 2.22. The Hall–Kier alpha value is -1.33. The van der Waals surface area contributed by atoms with Gasteiger partial charge in [-0.3, -0.25) is 4.55 Å². The maximum atomic E-state index is 11.0. The Labute approximate surface area is 94.3 Å². The first-order valence-electron chi connectivity index (χ1n) is 5.01. The van der Waals surface area contributed by atoms with Crippen LogP contribution in [0.15, 0.2) is 29.2 Å². The lowest BCUT2D eigenvalue weighted by molar-refractivity contribution is 0.483. The normalized spacial score (nSPS) is 12.2. The van der Waals surface area contributed by atoms with Gasteiger partial charge in [-0.2, -0.15) is 8.42 Å². The SMILES string of the molecule is CCn1c(C)cc2cc(S(=O)(=O)O)ccc21. The Morgan fingerprint density at radius 2 is 2.00 bits per heavy atom. The summed E-state index contributed by atoms with van der Waals surface area (Å²) in [6.45, 7) is 4.83. The topological polar surface area (TPSA) is 59.3 Å². The molecule has 0 saturated heterocycles. The first kappa shape index (κ1) is 11.2. The Bertz CT molecular complexity index is 641. The van der Waals surface area contributed by atoms with E-state index < -0.39 is 10.1 Å². The van der Waals surface area contributed by atoms with Crippen LogP contribution in [-0.4, -0.2) is 17.5 Å². The minimum Gasteiger partial charge on any atom is -0.345 e. The number of nitrogens with zero attached hydrogens (tertiary/aromatic N) is 1. The molecule has 86 valence electrons. The van der Waals surface area contributed by atoms with Crippen molar-refractivity contribution in [3.8, 4) is 0 Å². The number of hydrogen-bond acceptors (Lipinski definition) is 2. The zero-order chi connectivity index (χ0) is 11.9. The van der Waals surface area contributed by atoms with E-state index >= 15 is 0 Å². The van der Waals surface area contributed by atoms with Gasteiger partial charge in [-0.1, -0.05) is 0 Å². The average Bonchev–Trinajstić information content (AvgIpc) is 2.50. The monoisotopic (exact) mass is 239 g/mol. The molecule has 2 aromatic rings. The molecule has 1 aromatic carbocycles. The molecule has 0 saturated carbocycles. The number of aryl methyl sites for hydroxylation is 2. The molecule has 0 aliphatic carbocycles. The molecule has 1 heterocycles. The lowest BCUT2D eigenvalue weighted by Crippen LogP contribution is -1.98. The second kappa shape index (κ2) is 3.61. The van der Waals surface area contributed by atoms with Crippen molar-refractivity contribution in [1.82, 2.24) is 4.57 Å². The lowest BCUT2D eigenvalue weighted by atomic mass is 10.2. The molecule has 0 radical (unpaired) electrons. The van der Waals surface area contributed by atoms with E-state index in [9.17, 15) is 8.42 Å². The molecule has 0 aliphatic rings. The molecule has 5 heteroatoms. The first-order valence-corrected chi connectivity index (χ1v) is 6.45. The van der Waals surface area contributed by atoms with E-state index in [1.807, 2.05) is 19.9 Å². The minimum atomic E-state index is -4.11. The molecular formula is C11H13NO3S. The van der Waals surface area contributed by atoms with Gasteiger partial charge in [0.2, 0.25) is 0 Å². The van der Waals surface area contributed by atoms with E-state index in [4.69, 9.17) is 4.55 Å². The maximum absolute atomic E-state index is 11.0. The summed E-state index contributed by atoms with van der Waals surface area (Å²) in [5, 5.41) is 0.828. The Kier molecular flexibility index (Phi) is 2.52. The van der Waals surface area contributed by atoms with Crippen LogP contribution in [0.1, 0.15) is 12.6 Å². The number of aromatic nitrogens is 1. The van der Waals surface area contributed by atoms with Crippen molar-refractivity contribution in [2.75, 3.05) is 0 Å². The highest BCUT2D eigenvalue weighted by Gasteiger charge is 2.12. The largest absolute Gasteiger partial charge is 0.345 e. The van der Waals surface area contributed by atoms with Crippen LogP contribution in [0.25, 0.3) is 10.9 Å². The molecule has 1 aromatic heterocycles. The second-order valence-electron chi connectivity index (χ2n) is 3.73. The van der Waals surface area contributed by atoms with Gasteiger partial charge in [0, 0.05) is 23.1 Å². The van der Waals surface area contributed by atoms with E-state index in [1.54, 1.807) is 6.07 Å². The summed E-state index contributed by atoms with van der Waals surface area (Å²) in [6, 6.07) is 6.54. The Morgan fingerprint density at radius 1 is 1.31 bits per heavy atom. The van der Waals surface area contributed by atoms with Crippen molar-refractivity contribution in [2.24, 2.45) is 0 Å². The summed E-state index contributed by atoms with van der Waals surface area (Å²) in [4.78, 5) is -0.0618. The summed E-state index contributed by atoms with van der Waals surface area (Å²) in [7, 11) is -4.11. The van der Waals surface area contributed by atoms with Gasteiger partial charge in [0.1, 0.15) is 0 Å². The van der Waals surface area contributed by atoms with E-state index in [-0.39, 0.29) is 4.90 Å². The van der Waals surface area contributed by atoms with Gasteiger partial charge in [-0.15, -0.1) is 0 Å². The molecule has 4 nitrogen and oxygen atoms in total. The van der Waals surface area contributed by atoms with Crippen molar-refractivity contribution in [1.29, 1.82) is 0 Å². The lowest BCUT2D eigenvalue weighted by Gasteiger charge is -2.03. The second-order valence-corrected chi connectivity index (χ2v) is 5.15. The van der Waals surface area contributed by atoms with Crippen LogP contribution in [0.2, 0.25) is 0 Å².